The summed E-state index contributed by atoms with van der Waals surface area (Å²) in [7, 11) is 1.75. The molecule has 22 heavy (non-hydrogen) atoms. The molecule has 0 radical (unpaired) electrons. The molecular formula is C20H25NO. The molecule has 1 aliphatic heterocycles. The number of rotatable bonds is 5. The van der Waals surface area contributed by atoms with Crippen LogP contribution < -0.4 is 4.74 Å². The monoisotopic (exact) mass is 295 g/mol. The number of hydrogen-bond donors (Lipinski definition) is 0. The zero-order valence-electron chi connectivity index (χ0n) is 13.4. The van der Waals surface area contributed by atoms with Gasteiger partial charge < -0.3 is 4.74 Å². The number of ether oxygens (including phenoxy) is 1. The first kappa shape index (κ1) is 15.1. The van der Waals surface area contributed by atoms with E-state index in [-0.39, 0.29) is 0 Å². The molecule has 0 atom stereocenters. The minimum atomic E-state index is 0.830. The molecule has 1 aliphatic rings. The molecule has 2 heteroatoms. The fourth-order valence-corrected chi connectivity index (χ4v) is 3.37. The second kappa shape index (κ2) is 7.46. The van der Waals surface area contributed by atoms with E-state index in [0.717, 1.165) is 18.2 Å². The van der Waals surface area contributed by atoms with Gasteiger partial charge in [-0.25, -0.2) is 0 Å². The van der Waals surface area contributed by atoms with Gasteiger partial charge in [0.15, 0.2) is 0 Å². The second-order valence-electron chi connectivity index (χ2n) is 6.22. The maximum atomic E-state index is 5.46. The van der Waals surface area contributed by atoms with Gasteiger partial charge in [0.1, 0.15) is 5.75 Å². The maximum absolute atomic E-state index is 5.46. The molecule has 0 aromatic heterocycles. The van der Waals surface area contributed by atoms with Gasteiger partial charge in [-0.3, -0.25) is 4.90 Å². The first-order valence-electron chi connectivity index (χ1n) is 8.23. The summed E-state index contributed by atoms with van der Waals surface area (Å²) in [6, 6.07) is 19.3. The standard InChI is InChI=1S/C20H25NO/c1-22-20-10-6-5-9-19(20)16-21-13-11-18(12-14-21)15-17-7-3-2-4-8-17/h2-10,18H,11-16H2,1H3. The fourth-order valence-electron chi connectivity index (χ4n) is 3.37. The van der Waals surface area contributed by atoms with Crippen LogP contribution in [0.1, 0.15) is 24.0 Å². The van der Waals surface area contributed by atoms with E-state index in [2.05, 4.69) is 53.4 Å². The number of hydrogen-bond acceptors (Lipinski definition) is 2. The highest BCUT2D eigenvalue weighted by Crippen LogP contribution is 2.25. The zero-order valence-corrected chi connectivity index (χ0v) is 13.4. The lowest BCUT2D eigenvalue weighted by Crippen LogP contribution is -2.33. The van der Waals surface area contributed by atoms with Crippen LogP contribution in [0.25, 0.3) is 0 Å². The Morgan fingerprint density at radius 3 is 2.36 bits per heavy atom. The van der Waals surface area contributed by atoms with Crippen LogP contribution in [0.4, 0.5) is 0 Å². The van der Waals surface area contributed by atoms with Gasteiger partial charge in [-0.15, -0.1) is 0 Å². The first-order valence-corrected chi connectivity index (χ1v) is 8.23. The van der Waals surface area contributed by atoms with Crippen molar-refractivity contribution < 1.29 is 4.74 Å². The van der Waals surface area contributed by atoms with Crippen molar-refractivity contribution in [3.8, 4) is 5.75 Å². The summed E-state index contributed by atoms with van der Waals surface area (Å²) in [5.41, 5.74) is 2.78. The highest BCUT2D eigenvalue weighted by molar-refractivity contribution is 5.33. The van der Waals surface area contributed by atoms with Crippen LogP contribution in [-0.2, 0) is 13.0 Å². The third kappa shape index (κ3) is 3.89. The molecule has 1 saturated heterocycles. The molecule has 0 N–H and O–H groups in total. The van der Waals surface area contributed by atoms with Gasteiger partial charge in [-0.1, -0.05) is 48.5 Å². The van der Waals surface area contributed by atoms with Crippen molar-refractivity contribution >= 4 is 0 Å². The Kier molecular flexibility index (Phi) is 5.12. The SMILES string of the molecule is COc1ccccc1CN1CCC(Cc2ccccc2)CC1. The predicted molar refractivity (Wildman–Crippen MR) is 91.1 cm³/mol. The van der Waals surface area contributed by atoms with Crippen molar-refractivity contribution in [1.82, 2.24) is 4.90 Å². The largest absolute Gasteiger partial charge is 0.496 e. The van der Waals surface area contributed by atoms with Gasteiger partial charge in [0.2, 0.25) is 0 Å². The minimum absolute atomic E-state index is 0.830. The Labute approximate surface area is 133 Å². The highest BCUT2D eigenvalue weighted by Gasteiger charge is 2.20. The summed E-state index contributed by atoms with van der Waals surface area (Å²) in [5.74, 6) is 1.84. The predicted octanol–water partition coefficient (Wildman–Crippen LogP) is 4.15. The summed E-state index contributed by atoms with van der Waals surface area (Å²) in [6.07, 6.45) is 3.82. The van der Waals surface area contributed by atoms with Crippen LogP contribution in [0.5, 0.6) is 5.75 Å². The van der Waals surface area contributed by atoms with Gasteiger partial charge >= 0.3 is 0 Å². The zero-order chi connectivity index (χ0) is 15.2. The van der Waals surface area contributed by atoms with Gasteiger partial charge in [-0.2, -0.15) is 0 Å². The molecule has 2 aromatic rings. The summed E-state index contributed by atoms with van der Waals surface area (Å²) in [6.45, 7) is 3.38. The first-order chi connectivity index (χ1) is 10.8. The van der Waals surface area contributed by atoms with E-state index in [1.807, 2.05) is 6.07 Å². The Balaban J connectivity index is 1.51. The maximum Gasteiger partial charge on any atom is 0.123 e. The van der Waals surface area contributed by atoms with E-state index >= 15 is 0 Å². The Morgan fingerprint density at radius 1 is 0.955 bits per heavy atom. The average Bonchev–Trinajstić information content (AvgIpc) is 2.58. The third-order valence-electron chi connectivity index (χ3n) is 4.66. The molecule has 0 spiro atoms. The molecule has 2 nitrogen and oxygen atoms in total. The molecule has 1 fully saturated rings. The van der Waals surface area contributed by atoms with Crippen molar-refractivity contribution in [3.05, 3.63) is 65.7 Å². The van der Waals surface area contributed by atoms with Crippen LogP contribution in [0.3, 0.4) is 0 Å². The van der Waals surface area contributed by atoms with E-state index < -0.39 is 0 Å². The van der Waals surface area contributed by atoms with Crippen LogP contribution in [0.2, 0.25) is 0 Å². The van der Waals surface area contributed by atoms with Crippen molar-refractivity contribution in [3.63, 3.8) is 0 Å². The van der Waals surface area contributed by atoms with E-state index in [4.69, 9.17) is 4.74 Å². The van der Waals surface area contributed by atoms with E-state index in [1.165, 1.54) is 43.5 Å². The summed E-state index contributed by atoms with van der Waals surface area (Å²) >= 11 is 0. The van der Waals surface area contributed by atoms with Crippen molar-refractivity contribution in [2.24, 2.45) is 5.92 Å². The number of piperidine rings is 1. The molecule has 116 valence electrons. The number of likely N-dealkylation sites (tertiary alicyclic amines) is 1. The van der Waals surface area contributed by atoms with Gasteiger partial charge in [0.25, 0.3) is 0 Å². The Bertz CT molecular complexity index is 573. The Hall–Kier alpha value is -1.80. The molecule has 0 unspecified atom stereocenters. The number of para-hydroxylation sites is 1. The van der Waals surface area contributed by atoms with E-state index in [1.54, 1.807) is 7.11 Å². The molecule has 0 aliphatic carbocycles. The lowest BCUT2D eigenvalue weighted by Gasteiger charge is -2.32. The smallest absolute Gasteiger partial charge is 0.123 e. The van der Waals surface area contributed by atoms with Crippen LogP contribution >= 0.6 is 0 Å². The average molecular weight is 295 g/mol. The van der Waals surface area contributed by atoms with E-state index in [9.17, 15) is 0 Å². The molecule has 0 saturated carbocycles. The van der Waals surface area contributed by atoms with Crippen LogP contribution in [0.15, 0.2) is 54.6 Å². The Morgan fingerprint density at radius 2 is 1.64 bits per heavy atom. The molecule has 0 bridgehead atoms. The van der Waals surface area contributed by atoms with E-state index in [0.29, 0.717) is 0 Å². The molecular weight excluding hydrogens is 270 g/mol. The summed E-state index contributed by atoms with van der Waals surface area (Å²) in [4.78, 5) is 2.55. The quantitative estimate of drug-likeness (QED) is 0.821. The summed E-state index contributed by atoms with van der Waals surface area (Å²) in [5, 5.41) is 0. The van der Waals surface area contributed by atoms with Gasteiger partial charge in [0, 0.05) is 12.1 Å². The van der Waals surface area contributed by atoms with Gasteiger partial charge in [0.05, 0.1) is 7.11 Å². The third-order valence-corrected chi connectivity index (χ3v) is 4.66. The number of nitrogens with zero attached hydrogens (tertiary/aromatic N) is 1. The molecule has 0 amide bonds. The normalized spacial score (nSPS) is 16.6. The lowest BCUT2D eigenvalue weighted by atomic mass is 9.90. The number of benzene rings is 2. The van der Waals surface area contributed by atoms with Gasteiger partial charge in [-0.05, 0) is 49.9 Å². The highest BCUT2D eigenvalue weighted by atomic mass is 16.5. The van der Waals surface area contributed by atoms with Crippen molar-refractivity contribution in [2.75, 3.05) is 20.2 Å². The minimum Gasteiger partial charge on any atom is -0.496 e. The molecule has 1 heterocycles. The second-order valence-corrected chi connectivity index (χ2v) is 6.22. The summed E-state index contributed by atoms with van der Waals surface area (Å²) < 4.78 is 5.46. The lowest BCUT2D eigenvalue weighted by molar-refractivity contribution is 0.175. The van der Waals surface area contributed by atoms with Crippen molar-refractivity contribution in [2.45, 2.75) is 25.8 Å². The fraction of sp³-hybridized carbons (Fsp3) is 0.400. The topological polar surface area (TPSA) is 12.5 Å². The molecule has 2 aromatic carbocycles. The van der Waals surface area contributed by atoms with Crippen LogP contribution in [-0.4, -0.2) is 25.1 Å². The number of methoxy groups -OCH3 is 1. The van der Waals surface area contributed by atoms with Crippen LogP contribution in [0, 0.1) is 5.92 Å². The molecule has 3 rings (SSSR count). The van der Waals surface area contributed by atoms with Crippen molar-refractivity contribution in [1.29, 1.82) is 0 Å².